The van der Waals surface area contributed by atoms with Crippen LogP contribution in [-0.4, -0.2) is 10.7 Å². The zero-order valence-electron chi connectivity index (χ0n) is 10.7. The molecule has 2 aliphatic carbocycles. The van der Waals surface area contributed by atoms with Crippen molar-refractivity contribution in [2.24, 2.45) is 16.7 Å². The SMILES string of the molecule is CC1(C)CCC(C#N)(C(C)(O)C2CC2)CC1. The molecule has 90 valence electrons. The molecule has 2 saturated carbocycles. The summed E-state index contributed by atoms with van der Waals surface area (Å²) in [6.07, 6.45) is 6.03. The Labute approximate surface area is 98.7 Å². The summed E-state index contributed by atoms with van der Waals surface area (Å²) in [5, 5.41) is 20.2. The van der Waals surface area contributed by atoms with Gasteiger partial charge in [-0.2, -0.15) is 5.26 Å². The van der Waals surface area contributed by atoms with Crippen LogP contribution in [0.5, 0.6) is 0 Å². The fourth-order valence-corrected chi connectivity index (χ4v) is 3.12. The van der Waals surface area contributed by atoms with Crippen molar-refractivity contribution in [2.45, 2.75) is 64.9 Å². The summed E-state index contributed by atoms with van der Waals surface area (Å²) in [7, 11) is 0. The van der Waals surface area contributed by atoms with Crippen LogP contribution in [0.25, 0.3) is 0 Å². The topological polar surface area (TPSA) is 44.0 Å². The second kappa shape index (κ2) is 3.47. The van der Waals surface area contributed by atoms with Gasteiger partial charge >= 0.3 is 0 Å². The summed E-state index contributed by atoms with van der Waals surface area (Å²) >= 11 is 0. The molecule has 0 aromatic rings. The molecule has 2 rings (SSSR count). The Balaban J connectivity index is 2.19. The van der Waals surface area contributed by atoms with Crippen LogP contribution in [0, 0.1) is 28.1 Å². The quantitative estimate of drug-likeness (QED) is 0.777. The van der Waals surface area contributed by atoms with Crippen molar-refractivity contribution in [3.8, 4) is 6.07 Å². The minimum atomic E-state index is -0.766. The summed E-state index contributed by atoms with van der Waals surface area (Å²) in [5.41, 5.74) is -0.901. The molecule has 0 spiro atoms. The highest BCUT2D eigenvalue weighted by molar-refractivity contribution is 5.16. The van der Waals surface area contributed by atoms with Gasteiger partial charge < -0.3 is 5.11 Å². The van der Waals surface area contributed by atoms with Gasteiger partial charge in [0, 0.05) is 0 Å². The molecule has 0 saturated heterocycles. The van der Waals surface area contributed by atoms with Crippen molar-refractivity contribution in [1.29, 1.82) is 5.26 Å². The first-order valence-electron chi connectivity index (χ1n) is 6.47. The van der Waals surface area contributed by atoms with Gasteiger partial charge in [0.05, 0.1) is 17.1 Å². The lowest BCUT2D eigenvalue weighted by Crippen LogP contribution is -2.49. The normalized spacial score (nSPS) is 31.4. The molecule has 16 heavy (non-hydrogen) atoms. The van der Waals surface area contributed by atoms with Gasteiger partial charge in [-0.05, 0) is 56.8 Å². The van der Waals surface area contributed by atoms with Crippen molar-refractivity contribution in [1.82, 2.24) is 0 Å². The third-order valence-electron chi connectivity index (χ3n) is 5.01. The first-order chi connectivity index (χ1) is 7.33. The Morgan fingerprint density at radius 3 is 2.06 bits per heavy atom. The summed E-state index contributed by atoms with van der Waals surface area (Å²) in [5.74, 6) is 0.369. The van der Waals surface area contributed by atoms with Crippen LogP contribution in [0.4, 0.5) is 0 Å². The number of nitriles is 1. The smallest absolute Gasteiger partial charge is 0.0860 e. The molecular formula is C14H23NO. The van der Waals surface area contributed by atoms with E-state index in [4.69, 9.17) is 0 Å². The average molecular weight is 221 g/mol. The lowest BCUT2D eigenvalue weighted by molar-refractivity contribution is -0.0873. The van der Waals surface area contributed by atoms with Gasteiger partial charge in [0.2, 0.25) is 0 Å². The first kappa shape index (κ1) is 11.9. The lowest BCUT2D eigenvalue weighted by Gasteiger charge is -2.47. The highest BCUT2D eigenvalue weighted by Crippen LogP contribution is 2.56. The Bertz CT molecular complexity index is 310. The number of hydrogen-bond acceptors (Lipinski definition) is 2. The van der Waals surface area contributed by atoms with E-state index in [0.29, 0.717) is 11.3 Å². The number of hydrogen-bond donors (Lipinski definition) is 1. The van der Waals surface area contributed by atoms with Gasteiger partial charge in [0.15, 0.2) is 0 Å². The van der Waals surface area contributed by atoms with E-state index >= 15 is 0 Å². The van der Waals surface area contributed by atoms with Crippen molar-refractivity contribution < 1.29 is 5.11 Å². The van der Waals surface area contributed by atoms with Crippen molar-refractivity contribution >= 4 is 0 Å². The van der Waals surface area contributed by atoms with Gasteiger partial charge in [-0.25, -0.2) is 0 Å². The number of nitrogens with zero attached hydrogens (tertiary/aromatic N) is 1. The van der Waals surface area contributed by atoms with E-state index in [1.54, 1.807) is 0 Å². The van der Waals surface area contributed by atoms with Crippen LogP contribution in [0.2, 0.25) is 0 Å². The molecular weight excluding hydrogens is 198 g/mol. The maximum Gasteiger partial charge on any atom is 0.0860 e. The summed E-state index contributed by atoms with van der Waals surface area (Å²) in [4.78, 5) is 0. The molecule has 2 aliphatic rings. The lowest BCUT2D eigenvalue weighted by atomic mass is 9.58. The van der Waals surface area contributed by atoms with Crippen molar-refractivity contribution in [3.05, 3.63) is 0 Å². The Morgan fingerprint density at radius 1 is 1.19 bits per heavy atom. The largest absolute Gasteiger partial charge is 0.388 e. The van der Waals surface area contributed by atoms with E-state index in [-0.39, 0.29) is 0 Å². The molecule has 0 aliphatic heterocycles. The Morgan fingerprint density at radius 2 is 1.69 bits per heavy atom. The molecule has 0 radical (unpaired) electrons. The minimum Gasteiger partial charge on any atom is -0.388 e. The zero-order chi connectivity index (χ0) is 12.0. The third-order valence-corrected chi connectivity index (χ3v) is 5.01. The molecule has 0 heterocycles. The number of aliphatic hydroxyl groups is 1. The van der Waals surface area contributed by atoms with E-state index in [9.17, 15) is 10.4 Å². The van der Waals surface area contributed by atoms with Crippen LogP contribution >= 0.6 is 0 Å². The van der Waals surface area contributed by atoms with Gasteiger partial charge in [0.1, 0.15) is 0 Å². The molecule has 1 atom stereocenters. The maximum atomic E-state index is 10.7. The molecule has 1 unspecified atom stereocenters. The predicted molar refractivity (Wildman–Crippen MR) is 63.6 cm³/mol. The second-order valence-corrected chi connectivity index (χ2v) is 6.78. The maximum absolute atomic E-state index is 10.7. The summed E-state index contributed by atoms with van der Waals surface area (Å²) < 4.78 is 0. The van der Waals surface area contributed by atoms with E-state index in [1.807, 2.05) is 6.92 Å². The van der Waals surface area contributed by atoms with E-state index in [1.165, 1.54) is 0 Å². The second-order valence-electron chi connectivity index (χ2n) is 6.78. The molecule has 2 nitrogen and oxygen atoms in total. The van der Waals surface area contributed by atoms with Crippen LogP contribution in [0.15, 0.2) is 0 Å². The van der Waals surface area contributed by atoms with E-state index in [0.717, 1.165) is 38.5 Å². The third kappa shape index (κ3) is 1.76. The fourth-order valence-electron chi connectivity index (χ4n) is 3.12. The van der Waals surface area contributed by atoms with Gasteiger partial charge in [-0.3, -0.25) is 0 Å². The highest BCUT2D eigenvalue weighted by Gasteiger charge is 2.57. The van der Waals surface area contributed by atoms with Crippen LogP contribution < -0.4 is 0 Å². The highest BCUT2D eigenvalue weighted by atomic mass is 16.3. The molecule has 0 aromatic carbocycles. The Hall–Kier alpha value is -0.550. The van der Waals surface area contributed by atoms with Gasteiger partial charge in [-0.15, -0.1) is 0 Å². The van der Waals surface area contributed by atoms with Crippen LogP contribution in [0.1, 0.15) is 59.3 Å². The zero-order valence-corrected chi connectivity index (χ0v) is 10.7. The molecule has 2 fully saturated rings. The monoisotopic (exact) mass is 221 g/mol. The minimum absolute atomic E-state index is 0.347. The molecule has 0 aromatic heterocycles. The fraction of sp³-hybridized carbons (Fsp3) is 0.929. The number of rotatable bonds is 2. The van der Waals surface area contributed by atoms with Crippen LogP contribution in [-0.2, 0) is 0 Å². The molecule has 0 bridgehead atoms. The Kier molecular flexibility index (Phi) is 2.58. The van der Waals surface area contributed by atoms with E-state index in [2.05, 4.69) is 19.9 Å². The summed E-state index contributed by atoms with van der Waals surface area (Å²) in [6.45, 7) is 6.42. The van der Waals surface area contributed by atoms with Gasteiger partial charge in [0.25, 0.3) is 0 Å². The van der Waals surface area contributed by atoms with Crippen LogP contribution in [0.3, 0.4) is 0 Å². The first-order valence-corrected chi connectivity index (χ1v) is 6.47. The molecule has 1 N–H and O–H groups in total. The molecule has 2 heteroatoms. The van der Waals surface area contributed by atoms with Crippen molar-refractivity contribution in [3.63, 3.8) is 0 Å². The summed E-state index contributed by atoms with van der Waals surface area (Å²) in [6, 6.07) is 2.47. The van der Waals surface area contributed by atoms with Crippen molar-refractivity contribution in [2.75, 3.05) is 0 Å². The van der Waals surface area contributed by atoms with E-state index < -0.39 is 11.0 Å². The molecule has 0 amide bonds. The van der Waals surface area contributed by atoms with Gasteiger partial charge in [-0.1, -0.05) is 13.8 Å². The predicted octanol–water partition coefficient (Wildman–Crippen LogP) is 3.26. The standard InChI is InChI=1S/C14H23NO/c1-12(2)6-8-14(10-15,9-7-12)13(3,16)11-4-5-11/h11,16H,4-9H2,1-3H3. The average Bonchev–Trinajstić information content (AvgIpc) is 3.01.